The molecule has 0 aromatic heterocycles. The minimum Gasteiger partial charge on any atom is -0.454 e. The van der Waals surface area contributed by atoms with Crippen LogP contribution in [0.25, 0.3) is 0 Å². The van der Waals surface area contributed by atoms with Gasteiger partial charge in [0.2, 0.25) is 6.79 Å². The van der Waals surface area contributed by atoms with Crippen LogP contribution in [0.1, 0.15) is 26.3 Å². The Bertz CT molecular complexity index is 670. The van der Waals surface area contributed by atoms with E-state index in [1.807, 2.05) is 18.2 Å². The van der Waals surface area contributed by atoms with Crippen molar-refractivity contribution in [3.05, 3.63) is 48.0 Å². The second kappa shape index (κ2) is 6.82. The van der Waals surface area contributed by atoms with E-state index in [1.165, 1.54) is 11.3 Å². The molecule has 0 fully saturated rings. The predicted molar refractivity (Wildman–Crippen MR) is 94.6 cm³/mol. The molecule has 1 aliphatic heterocycles. The van der Waals surface area contributed by atoms with E-state index in [2.05, 4.69) is 55.7 Å². The van der Waals surface area contributed by atoms with Gasteiger partial charge in [-0.25, -0.2) is 0 Å². The molecule has 0 saturated heterocycles. The molecule has 2 N–H and O–H groups in total. The Morgan fingerprint density at radius 1 is 0.913 bits per heavy atom. The molecule has 4 nitrogen and oxygen atoms in total. The van der Waals surface area contributed by atoms with Crippen LogP contribution in [0.5, 0.6) is 11.5 Å². The van der Waals surface area contributed by atoms with Gasteiger partial charge < -0.3 is 20.1 Å². The van der Waals surface area contributed by atoms with Gasteiger partial charge >= 0.3 is 0 Å². The average molecular weight is 312 g/mol. The predicted octanol–water partition coefficient (Wildman–Crippen LogP) is 4.28. The Morgan fingerprint density at radius 2 is 1.70 bits per heavy atom. The number of hydrogen-bond acceptors (Lipinski definition) is 4. The summed E-state index contributed by atoms with van der Waals surface area (Å²) in [5, 5.41) is 6.97. The van der Waals surface area contributed by atoms with Crippen LogP contribution >= 0.6 is 0 Å². The molecule has 1 heterocycles. The van der Waals surface area contributed by atoms with Crippen LogP contribution in [0.15, 0.2) is 42.5 Å². The summed E-state index contributed by atoms with van der Waals surface area (Å²) in [5.74, 6) is 1.63. The van der Waals surface area contributed by atoms with E-state index in [4.69, 9.17) is 9.47 Å². The van der Waals surface area contributed by atoms with Gasteiger partial charge in [0, 0.05) is 29.5 Å². The molecule has 23 heavy (non-hydrogen) atoms. The number of hydrogen-bond donors (Lipinski definition) is 2. The fourth-order valence-corrected chi connectivity index (χ4v) is 2.80. The van der Waals surface area contributed by atoms with Crippen LogP contribution in [0.2, 0.25) is 0 Å². The fourth-order valence-electron chi connectivity index (χ4n) is 2.80. The quantitative estimate of drug-likeness (QED) is 0.835. The van der Waals surface area contributed by atoms with Crippen molar-refractivity contribution < 1.29 is 9.47 Å². The summed E-state index contributed by atoms with van der Waals surface area (Å²) >= 11 is 0. The minimum atomic E-state index is 0.310. The molecule has 0 saturated carbocycles. The minimum absolute atomic E-state index is 0.310. The number of ether oxygens (including phenoxy) is 2. The summed E-state index contributed by atoms with van der Waals surface area (Å²) in [5.41, 5.74) is 3.54. The molecule has 0 bridgehead atoms. The highest BCUT2D eigenvalue weighted by Gasteiger charge is 2.14. The summed E-state index contributed by atoms with van der Waals surface area (Å²) in [4.78, 5) is 0. The lowest BCUT2D eigenvalue weighted by molar-refractivity contribution is 0.174. The topological polar surface area (TPSA) is 42.5 Å². The van der Waals surface area contributed by atoms with E-state index >= 15 is 0 Å². The summed E-state index contributed by atoms with van der Waals surface area (Å²) in [7, 11) is 0. The molecule has 4 heteroatoms. The third kappa shape index (κ3) is 4.09. The first-order valence-electron chi connectivity index (χ1n) is 8.12. The summed E-state index contributed by atoms with van der Waals surface area (Å²) in [6.45, 7) is 6.80. The molecule has 0 amide bonds. The van der Waals surface area contributed by atoms with Crippen molar-refractivity contribution in [3.8, 4) is 11.5 Å². The van der Waals surface area contributed by atoms with Gasteiger partial charge in [0.05, 0.1) is 0 Å². The van der Waals surface area contributed by atoms with Gasteiger partial charge in [0.1, 0.15) is 0 Å². The number of anilines is 2. The van der Waals surface area contributed by atoms with Crippen LogP contribution in [0.4, 0.5) is 11.4 Å². The maximum Gasteiger partial charge on any atom is 0.231 e. The van der Waals surface area contributed by atoms with Gasteiger partial charge in [-0.3, -0.25) is 0 Å². The molecule has 1 unspecified atom stereocenters. The molecular formula is C19H24N2O2. The van der Waals surface area contributed by atoms with Gasteiger partial charge in [-0.2, -0.15) is 0 Å². The van der Waals surface area contributed by atoms with Crippen LogP contribution in [0, 0.1) is 0 Å². The standard InChI is InChI=1S/C19H24N2O2/c1-13(2)20-16-6-4-5-15(10-16)9-14(3)21-17-7-8-18-19(11-17)23-12-22-18/h4-8,10-11,13-14,20-21H,9,12H2,1-3H3. The van der Waals surface area contributed by atoms with Crippen LogP contribution in [-0.2, 0) is 6.42 Å². The van der Waals surface area contributed by atoms with E-state index < -0.39 is 0 Å². The molecule has 0 aliphatic carbocycles. The average Bonchev–Trinajstić information content (AvgIpc) is 2.94. The molecule has 0 spiro atoms. The van der Waals surface area contributed by atoms with Crippen LogP contribution < -0.4 is 20.1 Å². The maximum absolute atomic E-state index is 5.42. The lowest BCUT2D eigenvalue weighted by Crippen LogP contribution is -2.18. The Balaban J connectivity index is 1.62. The zero-order chi connectivity index (χ0) is 16.2. The third-order valence-corrected chi connectivity index (χ3v) is 3.71. The van der Waals surface area contributed by atoms with Gasteiger partial charge in [0.25, 0.3) is 0 Å². The fraction of sp³-hybridized carbons (Fsp3) is 0.368. The smallest absolute Gasteiger partial charge is 0.231 e. The van der Waals surface area contributed by atoms with Crippen molar-refractivity contribution >= 4 is 11.4 Å². The van der Waals surface area contributed by atoms with Gasteiger partial charge in [-0.1, -0.05) is 12.1 Å². The lowest BCUT2D eigenvalue weighted by atomic mass is 10.1. The highest BCUT2D eigenvalue weighted by atomic mass is 16.7. The van der Waals surface area contributed by atoms with E-state index in [9.17, 15) is 0 Å². The Morgan fingerprint density at radius 3 is 2.52 bits per heavy atom. The first kappa shape index (κ1) is 15.5. The number of rotatable bonds is 6. The van der Waals surface area contributed by atoms with Crippen molar-refractivity contribution in [2.75, 3.05) is 17.4 Å². The van der Waals surface area contributed by atoms with Crippen molar-refractivity contribution in [3.63, 3.8) is 0 Å². The Kier molecular flexibility index (Phi) is 4.60. The molecule has 3 rings (SSSR count). The summed E-state index contributed by atoms with van der Waals surface area (Å²) < 4.78 is 10.8. The van der Waals surface area contributed by atoms with E-state index in [-0.39, 0.29) is 0 Å². The normalized spacial score (nSPS) is 13.9. The van der Waals surface area contributed by atoms with Crippen molar-refractivity contribution in [1.82, 2.24) is 0 Å². The van der Waals surface area contributed by atoms with Crippen LogP contribution in [-0.4, -0.2) is 18.9 Å². The molecular weight excluding hydrogens is 288 g/mol. The molecule has 0 radical (unpaired) electrons. The third-order valence-electron chi connectivity index (χ3n) is 3.71. The Labute approximate surface area is 137 Å². The van der Waals surface area contributed by atoms with Crippen molar-refractivity contribution in [2.24, 2.45) is 0 Å². The SMILES string of the molecule is CC(C)Nc1cccc(CC(C)Nc2ccc3c(c2)OCO3)c1. The summed E-state index contributed by atoms with van der Waals surface area (Å²) in [6.07, 6.45) is 0.960. The second-order valence-corrected chi connectivity index (χ2v) is 6.32. The highest BCUT2D eigenvalue weighted by Crippen LogP contribution is 2.34. The first-order chi connectivity index (χ1) is 11.1. The van der Waals surface area contributed by atoms with Crippen molar-refractivity contribution in [2.45, 2.75) is 39.3 Å². The van der Waals surface area contributed by atoms with E-state index in [1.54, 1.807) is 0 Å². The van der Waals surface area contributed by atoms with Crippen molar-refractivity contribution in [1.29, 1.82) is 0 Å². The first-order valence-corrected chi connectivity index (χ1v) is 8.12. The molecule has 1 aliphatic rings. The lowest BCUT2D eigenvalue weighted by Gasteiger charge is -2.17. The molecule has 1 atom stereocenters. The van der Waals surface area contributed by atoms with Gasteiger partial charge in [-0.05, 0) is 57.0 Å². The maximum atomic E-state index is 5.42. The molecule has 2 aromatic rings. The van der Waals surface area contributed by atoms with E-state index in [0.717, 1.165) is 23.6 Å². The zero-order valence-corrected chi connectivity index (χ0v) is 13.9. The molecule has 2 aromatic carbocycles. The van der Waals surface area contributed by atoms with Gasteiger partial charge in [-0.15, -0.1) is 0 Å². The largest absolute Gasteiger partial charge is 0.454 e. The Hall–Kier alpha value is -2.36. The second-order valence-electron chi connectivity index (χ2n) is 6.32. The van der Waals surface area contributed by atoms with E-state index in [0.29, 0.717) is 18.9 Å². The highest BCUT2D eigenvalue weighted by molar-refractivity contribution is 5.56. The number of benzene rings is 2. The van der Waals surface area contributed by atoms with Gasteiger partial charge in [0.15, 0.2) is 11.5 Å². The van der Waals surface area contributed by atoms with Crippen LogP contribution in [0.3, 0.4) is 0 Å². The zero-order valence-electron chi connectivity index (χ0n) is 13.9. The summed E-state index contributed by atoms with van der Waals surface area (Å²) in [6, 6.07) is 15.3. The molecule has 122 valence electrons. The number of fused-ring (bicyclic) bond motifs is 1. The number of nitrogens with one attached hydrogen (secondary N) is 2. The monoisotopic (exact) mass is 312 g/mol.